The van der Waals surface area contributed by atoms with Crippen molar-refractivity contribution in [2.75, 3.05) is 13.2 Å². The van der Waals surface area contributed by atoms with Gasteiger partial charge in [-0.15, -0.1) is 11.3 Å². The van der Waals surface area contributed by atoms with E-state index >= 15 is 0 Å². The van der Waals surface area contributed by atoms with Crippen LogP contribution in [0.15, 0.2) is 29.6 Å². The van der Waals surface area contributed by atoms with Crippen LogP contribution in [0.3, 0.4) is 0 Å². The molecule has 2 aromatic rings. The first-order valence-corrected chi connectivity index (χ1v) is 8.44. The van der Waals surface area contributed by atoms with Gasteiger partial charge in [-0.25, -0.2) is 4.98 Å². The van der Waals surface area contributed by atoms with Crippen molar-refractivity contribution >= 4 is 11.3 Å². The maximum absolute atomic E-state index is 5.60. The number of aromatic nitrogens is 1. The van der Waals surface area contributed by atoms with Crippen molar-refractivity contribution in [3.8, 4) is 5.75 Å². The number of aryl methyl sites for hydroxylation is 1. The first-order valence-electron chi connectivity index (χ1n) is 7.56. The lowest BCUT2D eigenvalue weighted by Crippen LogP contribution is -2.21. The van der Waals surface area contributed by atoms with Gasteiger partial charge in [-0.1, -0.05) is 19.1 Å². The van der Waals surface area contributed by atoms with Crippen LogP contribution in [-0.2, 0) is 6.42 Å². The summed E-state index contributed by atoms with van der Waals surface area (Å²) in [5.74, 6) is 0.950. The van der Waals surface area contributed by atoms with Crippen LogP contribution < -0.4 is 10.1 Å². The van der Waals surface area contributed by atoms with E-state index in [4.69, 9.17) is 4.74 Å². The Labute approximate surface area is 131 Å². The zero-order valence-electron chi connectivity index (χ0n) is 13.1. The third kappa shape index (κ3) is 5.14. The molecule has 21 heavy (non-hydrogen) atoms. The zero-order valence-corrected chi connectivity index (χ0v) is 13.9. The highest BCUT2D eigenvalue weighted by Crippen LogP contribution is 2.18. The topological polar surface area (TPSA) is 34.1 Å². The van der Waals surface area contributed by atoms with Crippen LogP contribution in [0.25, 0.3) is 0 Å². The molecule has 114 valence electrons. The lowest BCUT2D eigenvalue weighted by molar-refractivity contribution is 0.317. The number of nitrogens with zero attached hydrogens (tertiary/aromatic N) is 1. The summed E-state index contributed by atoms with van der Waals surface area (Å²) in [6.45, 7) is 8.07. The summed E-state index contributed by atoms with van der Waals surface area (Å²) in [5, 5.41) is 6.85. The number of ether oxygens (including phenoxy) is 1. The minimum Gasteiger partial charge on any atom is -0.494 e. The Bertz CT molecular complexity index is 536. The molecule has 1 aromatic heterocycles. The van der Waals surface area contributed by atoms with Crippen molar-refractivity contribution in [2.24, 2.45) is 0 Å². The second kappa shape index (κ2) is 8.15. The fraction of sp³-hybridized carbons (Fsp3) is 0.471. The van der Waals surface area contributed by atoms with Crippen LogP contribution in [-0.4, -0.2) is 18.1 Å². The SMILES string of the molecule is CCCOc1ccc(C(C)NCCc2nc(C)cs2)cc1. The molecule has 0 fully saturated rings. The third-order valence-corrected chi connectivity index (χ3v) is 4.34. The van der Waals surface area contributed by atoms with Crippen LogP contribution in [0.1, 0.15) is 42.6 Å². The number of thiazole rings is 1. The molecule has 1 atom stereocenters. The molecular formula is C17H24N2OS. The van der Waals surface area contributed by atoms with E-state index in [1.807, 2.05) is 19.1 Å². The van der Waals surface area contributed by atoms with E-state index in [-0.39, 0.29) is 0 Å². The van der Waals surface area contributed by atoms with Crippen molar-refractivity contribution in [2.45, 2.75) is 39.7 Å². The average molecular weight is 304 g/mol. The summed E-state index contributed by atoms with van der Waals surface area (Å²) in [6.07, 6.45) is 2.02. The second-order valence-corrected chi connectivity index (χ2v) is 6.17. The monoisotopic (exact) mass is 304 g/mol. The molecule has 0 saturated heterocycles. The van der Waals surface area contributed by atoms with Gasteiger partial charge in [0.1, 0.15) is 5.75 Å². The Morgan fingerprint density at radius 1 is 1.29 bits per heavy atom. The Kier molecular flexibility index (Phi) is 6.21. The predicted octanol–water partition coefficient (Wildman–Crippen LogP) is 4.13. The molecule has 2 rings (SSSR count). The summed E-state index contributed by atoms with van der Waals surface area (Å²) in [4.78, 5) is 4.48. The summed E-state index contributed by atoms with van der Waals surface area (Å²) >= 11 is 1.74. The van der Waals surface area contributed by atoms with Crippen LogP contribution in [0, 0.1) is 6.92 Å². The Morgan fingerprint density at radius 2 is 2.05 bits per heavy atom. The molecule has 0 amide bonds. The van der Waals surface area contributed by atoms with Crippen LogP contribution >= 0.6 is 11.3 Å². The summed E-state index contributed by atoms with van der Waals surface area (Å²) in [5.41, 5.74) is 2.40. The van der Waals surface area contributed by atoms with Crippen LogP contribution in [0.2, 0.25) is 0 Å². The lowest BCUT2D eigenvalue weighted by atomic mass is 10.1. The summed E-state index contributed by atoms with van der Waals surface area (Å²) < 4.78 is 5.60. The molecule has 1 aromatic carbocycles. The van der Waals surface area contributed by atoms with Gasteiger partial charge in [0.05, 0.1) is 11.6 Å². The van der Waals surface area contributed by atoms with Gasteiger partial charge >= 0.3 is 0 Å². The molecule has 0 aliphatic carbocycles. The van der Waals surface area contributed by atoms with Gasteiger partial charge in [-0.2, -0.15) is 0 Å². The van der Waals surface area contributed by atoms with Gasteiger partial charge in [-0.05, 0) is 38.0 Å². The highest BCUT2D eigenvalue weighted by atomic mass is 32.1. The van der Waals surface area contributed by atoms with E-state index in [1.54, 1.807) is 11.3 Å². The van der Waals surface area contributed by atoms with Gasteiger partial charge < -0.3 is 10.1 Å². The highest BCUT2D eigenvalue weighted by Gasteiger charge is 2.06. The van der Waals surface area contributed by atoms with Crippen molar-refractivity contribution in [3.63, 3.8) is 0 Å². The molecule has 0 spiro atoms. The van der Waals surface area contributed by atoms with E-state index in [9.17, 15) is 0 Å². The minimum absolute atomic E-state index is 0.339. The number of nitrogens with one attached hydrogen (secondary N) is 1. The first-order chi connectivity index (χ1) is 10.2. The van der Waals surface area contributed by atoms with E-state index in [1.165, 1.54) is 10.6 Å². The maximum Gasteiger partial charge on any atom is 0.119 e. The van der Waals surface area contributed by atoms with E-state index in [2.05, 4.69) is 41.7 Å². The van der Waals surface area contributed by atoms with Crippen molar-refractivity contribution < 1.29 is 4.74 Å². The predicted molar refractivity (Wildman–Crippen MR) is 89.2 cm³/mol. The van der Waals surface area contributed by atoms with Crippen LogP contribution in [0.5, 0.6) is 5.75 Å². The molecule has 0 aliphatic rings. The van der Waals surface area contributed by atoms with E-state index in [0.717, 1.165) is 37.4 Å². The first kappa shape index (κ1) is 16.0. The molecule has 0 bridgehead atoms. The molecule has 0 saturated carbocycles. The normalized spacial score (nSPS) is 12.3. The van der Waals surface area contributed by atoms with Crippen molar-refractivity contribution in [1.82, 2.24) is 10.3 Å². The van der Waals surface area contributed by atoms with Crippen LogP contribution in [0.4, 0.5) is 0 Å². The maximum atomic E-state index is 5.60. The molecule has 1 unspecified atom stereocenters. The molecule has 0 aliphatic heterocycles. The second-order valence-electron chi connectivity index (χ2n) is 5.23. The van der Waals surface area contributed by atoms with Gasteiger partial charge in [0.25, 0.3) is 0 Å². The van der Waals surface area contributed by atoms with Crippen molar-refractivity contribution in [1.29, 1.82) is 0 Å². The molecular weight excluding hydrogens is 280 g/mol. The average Bonchev–Trinajstić information content (AvgIpc) is 2.91. The number of hydrogen-bond donors (Lipinski definition) is 1. The zero-order chi connectivity index (χ0) is 15.1. The molecule has 0 radical (unpaired) electrons. The molecule has 1 heterocycles. The standard InChI is InChI=1S/C17H24N2OS/c1-4-11-20-16-7-5-15(6-8-16)14(3)18-10-9-17-19-13(2)12-21-17/h5-8,12,14,18H,4,9-11H2,1-3H3. The van der Waals surface area contributed by atoms with Gasteiger partial charge in [0.15, 0.2) is 0 Å². The lowest BCUT2D eigenvalue weighted by Gasteiger charge is -2.14. The Hall–Kier alpha value is -1.39. The van der Waals surface area contributed by atoms with Gasteiger partial charge in [-0.3, -0.25) is 0 Å². The minimum atomic E-state index is 0.339. The summed E-state index contributed by atoms with van der Waals surface area (Å²) in [6, 6.07) is 8.71. The largest absolute Gasteiger partial charge is 0.494 e. The number of hydrogen-bond acceptors (Lipinski definition) is 4. The Balaban J connectivity index is 1.78. The van der Waals surface area contributed by atoms with E-state index < -0.39 is 0 Å². The quantitative estimate of drug-likeness (QED) is 0.796. The van der Waals surface area contributed by atoms with Gasteiger partial charge in [0, 0.05) is 30.1 Å². The number of benzene rings is 1. The third-order valence-electron chi connectivity index (χ3n) is 3.31. The fourth-order valence-electron chi connectivity index (χ4n) is 2.10. The van der Waals surface area contributed by atoms with Crippen molar-refractivity contribution in [3.05, 3.63) is 45.9 Å². The number of rotatable bonds is 8. The smallest absolute Gasteiger partial charge is 0.119 e. The Morgan fingerprint density at radius 3 is 2.67 bits per heavy atom. The highest BCUT2D eigenvalue weighted by molar-refractivity contribution is 7.09. The van der Waals surface area contributed by atoms with E-state index in [0.29, 0.717) is 6.04 Å². The fourth-order valence-corrected chi connectivity index (χ4v) is 2.88. The molecule has 1 N–H and O–H groups in total. The molecule has 4 heteroatoms. The summed E-state index contributed by atoms with van der Waals surface area (Å²) in [7, 11) is 0. The van der Waals surface area contributed by atoms with Gasteiger partial charge in [0.2, 0.25) is 0 Å². The molecule has 3 nitrogen and oxygen atoms in total.